The Bertz CT molecular complexity index is 941. The Labute approximate surface area is 170 Å². The maximum Gasteiger partial charge on any atom is 0.270 e. The molecule has 3 atom stereocenters. The van der Waals surface area contributed by atoms with Gasteiger partial charge < -0.3 is 5.32 Å². The molecular weight excluding hydrogens is 372 g/mol. The largest absolute Gasteiger partial charge is 0.348 e. The van der Waals surface area contributed by atoms with E-state index >= 15 is 0 Å². The lowest BCUT2D eigenvalue weighted by atomic mass is 9.59. The van der Waals surface area contributed by atoms with E-state index in [1.54, 1.807) is 30.5 Å². The number of fused-ring (bicyclic) bond motifs is 1. The van der Waals surface area contributed by atoms with Gasteiger partial charge in [0.05, 0.1) is 10.4 Å². The number of Topliss-reactive ketones (excluding diaryl/α,β-unsaturated/α-hetero) is 1. The lowest BCUT2D eigenvalue weighted by Crippen LogP contribution is -2.54. The number of ketones is 1. The molecule has 2 aromatic rings. The van der Waals surface area contributed by atoms with Crippen molar-refractivity contribution < 1.29 is 9.59 Å². The summed E-state index contributed by atoms with van der Waals surface area (Å²) in [5.41, 5.74) is 1.61. The van der Waals surface area contributed by atoms with E-state index in [4.69, 9.17) is 11.6 Å². The Balaban J connectivity index is 1.70. The number of amides is 1. The second kappa shape index (κ2) is 7.51. The van der Waals surface area contributed by atoms with Crippen LogP contribution in [0.25, 0.3) is 6.08 Å². The van der Waals surface area contributed by atoms with Gasteiger partial charge in [0.2, 0.25) is 0 Å². The van der Waals surface area contributed by atoms with Gasteiger partial charge in [0.1, 0.15) is 5.69 Å². The fraction of sp³-hybridized carbons (Fsp3) is 0.348. The fourth-order valence-corrected chi connectivity index (χ4v) is 5.08. The minimum atomic E-state index is -0.759. The van der Waals surface area contributed by atoms with Crippen LogP contribution in [-0.2, 0) is 10.2 Å². The van der Waals surface area contributed by atoms with Crippen LogP contribution in [0.3, 0.4) is 0 Å². The highest BCUT2D eigenvalue weighted by atomic mass is 35.5. The standard InChI is InChI=1S/C23H23ClN2O2/c1-23(16-9-3-2-8-15(16)14-18(24)21(23)27)17-10-4-5-11-19(17)26-22(28)20-12-6-7-13-25-20/h2-3,6-9,12-14,17,19H,4-5,10-11H2,1H3,(H,26,28)/t17-,19+,23-/m0/s1. The number of nitrogens with zero attached hydrogens (tertiary/aromatic N) is 1. The first-order valence-electron chi connectivity index (χ1n) is 9.75. The van der Waals surface area contributed by atoms with Crippen LogP contribution in [-0.4, -0.2) is 22.7 Å². The SMILES string of the molecule is C[C@]1([C@H]2CCCC[C@H]2NC(=O)c2ccccn2)C(=O)C(Cl)=Cc2ccccc21. The molecule has 1 fully saturated rings. The van der Waals surface area contributed by atoms with Crippen LogP contribution in [0, 0.1) is 5.92 Å². The molecule has 1 heterocycles. The number of pyridine rings is 1. The molecular formula is C23H23ClN2O2. The predicted molar refractivity (Wildman–Crippen MR) is 110 cm³/mol. The van der Waals surface area contributed by atoms with Crippen molar-refractivity contribution in [2.24, 2.45) is 5.92 Å². The van der Waals surface area contributed by atoms with Gasteiger partial charge in [-0.2, -0.15) is 0 Å². The Morgan fingerprint density at radius 1 is 1.14 bits per heavy atom. The second-order valence-corrected chi connectivity index (χ2v) is 8.20. The molecule has 0 bridgehead atoms. The van der Waals surface area contributed by atoms with Gasteiger partial charge in [-0.15, -0.1) is 0 Å². The van der Waals surface area contributed by atoms with Gasteiger partial charge in [-0.1, -0.05) is 54.8 Å². The molecule has 0 aliphatic heterocycles. The topological polar surface area (TPSA) is 59.1 Å². The Hall–Kier alpha value is -2.46. The predicted octanol–water partition coefficient (Wildman–Crippen LogP) is 4.49. The number of carbonyl (C=O) groups is 2. The molecule has 2 aliphatic rings. The molecule has 28 heavy (non-hydrogen) atoms. The zero-order chi connectivity index (χ0) is 19.7. The zero-order valence-electron chi connectivity index (χ0n) is 15.8. The smallest absolute Gasteiger partial charge is 0.270 e. The molecule has 0 radical (unpaired) electrons. The number of halogens is 1. The lowest BCUT2D eigenvalue weighted by Gasteiger charge is -2.45. The van der Waals surface area contributed by atoms with Crippen LogP contribution in [0.1, 0.15) is 54.2 Å². The van der Waals surface area contributed by atoms with Crippen molar-refractivity contribution in [2.45, 2.75) is 44.1 Å². The van der Waals surface area contributed by atoms with Crippen molar-refractivity contribution in [3.8, 4) is 0 Å². The summed E-state index contributed by atoms with van der Waals surface area (Å²) in [7, 11) is 0. The van der Waals surface area contributed by atoms with Gasteiger partial charge in [-0.3, -0.25) is 14.6 Å². The molecule has 0 unspecified atom stereocenters. The molecule has 1 amide bonds. The average Bonchev–Trinajstić information content (AvgIpc) is 2.73. The molecule has 1 N–H and O–H groups in total. The van der Waals surface area contributed by atoms with E-state index in [0.29, 0.717) is 5.69 Å². The molecule has 1 aromatic carbocycles. The highest BCUT2D eigenvalue weighted by molar-refractivity contribution is 6.46. The van der Waals surface area contributed by atoms with E-state index in [1.165, 1.54) is 0 Å². The van der Waals surface area contributed by atoms with Crippen LogP contribution in [0.15, 0.2) is 53.7 Å². The average molecular weight is 395 g/mol. The van der Waals surface area contributed by atoms with Gasteiger partial charge in [0.15, 0.2) is 5.78 Å². The number of carbonyl (C=O) groups excluding carboxylic acids is 2. The van der Waals surface area contributed by atoms with Crippen molar-refractivity contribution >= 4 is 29.4 Å². The number of hydrogen-bond donors (Lipinski definition) is 1. The third-order valence-corrected chi connectivity index (χ3v) is 6.49. The third-order valence-electron chi connectivity index (χ3n) is 6.21. The summed E-state index contributed by atoms with van der Waals surface area (Å²) in [5.74, 6) is -0.277. The molecule has 4 nitrogen and oxygen atoms in total. The summed E-state index contributed by atoms with van der Waals surface area (Å²) < 4.78 is 0. The van der Waals surface area contributed by atoms with E-state index in [1.807, 2.05) is 31.2 Å². The van der Waals surface area contributed by atoms with Crippen molar-refractivity contribution in [1.82, 2.24) is 10.3 Å². The van der Waals surface area contributed by atoms with E-state index in [0.717, 1.165) is 36.8 Å². The molecule has 0 spiro atoms. The van der Waals surface area contributed by atoms with Gasteiger partial charge >= 0.3 is 0 Å². The summed E-state index contributed by atoms with van der Waals surface area (Å²) in [5, 5.41) is 3.42. The summed E-state index contributed by atoms with van der Waals surface area (Å²) in [6, 6.07) is 13.1. The molecule has 2 aliphatic carbocycles. The van der Waals surface area contributed by atoms with Crippen LogP contribution >= 0.6 is 11.6 Å². The lowest BCUT2D eigenvalue weighted by molar-refractivity contribution is -0.122. The Kier molecular flexibility index (Phi) is 5.07. The number of allylic oxidation sites excluding steroid dienone is 1. The van der Waals surface area contributed by atoms with Crippen LogP contribution in [0.2, 0.25) is 0 Å². The van der Waals surface area contributed by atoms with E-state index < -0.39 is 5.41 Å². The monoisotopic (exact) mass is 394 g/mol. The van der Waals surface area contributed by atoms with E-state index in [2.05, 4.69) is 10.3 Å². The molecule has 144 valence electrons. The number of hydrogen-bond acceptors (Lipinski definition) is 3. The summed E-state index contributed by atoms with van der Waals surface area (Å²) in [4.78, 5) is 30.2. The van der Waals surface area contributed by atoms with Crippen molar-refractivity contribution in [1.29, 1.82) is 0 Å². The summed E-state index contributed by atoms with van der Waals surface area (Å²) >= 11 is 6.36. The number of benzene rings is 1. The van der Waals surface area contributed by atoms with Gasteiger partial charge in [-0.05, 0) is 55.0 Å². The third kappa shape index (κ3) is 3.16. The first-order valence-corrected chi connectivity index (χ1v) is 10.1. The minimum Gasteiger partial charge on any atom is -0.348 e. The zero-order valence-corrected chi connectivity index (χ0v) is 16.6. The van der Waals surface area contributed by atoms with Crippen molar-refractivity contribution in [2.75, 3.05) is 0 Å². The Morgan fingerprint density at radius 2 is 1.89 bits per heavy atom. The van der Waals surface area contributed by atoms with E-state index in [9.17, 15) is 9.59 Å². The van der Waals surface area contributed by atoms with Crippen LogP contribution < -0.4 is 5.32 Å². The molecule has 1 aromatic heterocycles. The quantitative estimate of drug-likeness (QED) is 0.834. The summed E-state index contributed by atoms with van der Waals surface area (Å²) in [6.45, 7) is 1.99. The molecule has 5 heteroatoms. The minimum absolute atomic E-state index is 0.0231. The fourth-order valence-electron chi connectivity index (χ4n) is 4.77. The van der Waals surface area contributed by atoms with Crippen LogP contribution in [0.4, 0.5) is 0 Å². The van der Waals surface area contributed by atoms with E-state index in [-0.39, 0.29) is 28.7 Å². The van der Waals surface area contributed by atoms with Crippen LogP contribution in [0.5, 0.6) is 0 Å². The second-order valence-electron chi connectivity index (χ2n) is 7.80. The number of rotatable bonds is 3. The molecule has 1 saturated carbocycles. The molecule has 0 saturated heterocycles. The maximum absolute atomic E-state index is 13.3. The van der Waals surface area contributed by atoms with Crippen molar-refractivity contribution in [3.05, 3.63) is 70.5 Å². The van der Waals surface area contributed by atoms with Gasteiger partial charge in [0, 0.05) is 12.2 Å². The highest BCUT2D eigenvalue weighted by Crippen LogP contribution is 2.47. The molecule has 4 rings (SSSR count). The number of nitrogens with one attached hydrogen (secondary N) is 1. The maximum atomic E-state index is 13.3. The van der Waals surface area contributed by atoms with Crippen molar-refractivity contribution in [3.63, 3.8) is 0 Å². The van der Waals surface area contributed by atoms with Gasteiger partial charge in [0.25, 0.3) is 5.91 Å². The number of aromatic nitrogens is 1. The van der Waals surface area contributed by atoms with Gasteiger partial charge in [-0.25, -0.2) is 0 Å². The first-order chi connectivity index (χ1) is 13.5. The summed E-state index contributed by atoms with van der Waals surface area (Å²) in [6.07, 6.45) is 7.14. The normalized spacial score (nSPS) is 26.9. The highest BCUT2D eigenvalue weighted by Gasteiger charge is 2.50. The first kappa shape index (κ1) is 18.9. The Morgan fingerprint density at radius 3 is 2.68 bits per heavy atom.